The van der Waals surface area contributed by atoms with Crippen molar-refractivity contribution in [1.29, 1.82) is 0 Å². The highest BCUT2D eigenvalue weighted by atomic mass is 32.2. The summed E-state index contributed by atoms with van der Waals surface area (Å²) >= 11 is 0. The highest BCUT2D eigenvalue weighted by Gasteiger charge is 2.28. The van der Waals surface area contributed by atoms with Crippen molar-refractivity contribution in [3.05, 3.63) is 113 Å². The summed E-state index contributed by atoms with van der Waals surface area (Å²) in [5.74, 6) is 0. The van der Waals surface area contributed by atoms with Gasteiger partial charge in [0.1, 0.15) is 0 Å². The fourth-order valence-electron chi connectivity index (χ4n) is 3.26. The average Bonchev–Trinajstić information content (AvgIpc) is 2.74. The summed E-state index contributed by atoms with van der Waals surface area (Å²) in [6.07, 6.45) is 0.783. The molecule has 1 atom stereocenters. The largest absolute Gasteiger partial charge is 0.289 e. The van der Waals surface area contributed by atoms with E-state index in [0.717, 1.165) is 16.7 Å². The lowest BCUT2D eigenvalue weighted by molar-refractivity contribution is -0.387. The minimum absolute atomic E-state index is 0.349. The Morgan fingerprint density at radius 1 is 0.933 bits per heavy atom. The van der Waals surface area contributed by atoms with E-state index in [1.165, 1.54) is 24.3 Å². The van der Waals surface area contributed by atoms with E-state index >= 15 is 0 Å². The molecule has 3 rings (SSSR count). The zero-order valence-corrected chi connectivity index (χ0v) is 17.1. The quantitative estimate of drug-likeness (QED) is 0.403. The normalized spacial score (nSPS) is 12.3. The lowest BCUT2D eigenvalue weighted by Gasteiger charge is -2.20. The first-order valence-corrected chi connectivity index (χ1v) is 10.9. The minimum Gasteiger partial charge on any atom is -0.258 e. The number of rotatable bonds is 9. The molecule has 3 aromatic rings. The van der Waals surface area contributed by atoms with Gasteiger partial charge in [-0.3, -0.25) is 10.1 Å². The van der Waals surface area contributed by atoms with Crippen LogP contribution in [0.15, 0.2) is 96.4 Å². The van der Waals surface area contributed by atoms with Crippen molar-refractivity contribution in [3.63, 3.8) is 0 Å². The molecule has 30 heavy (non-hydrogen) atoms. The lowest BCUT2D eigenvalue weighted by Crippen LogP contribution is -2.37. The van der Waals surface area contributed by atoms with Crippen molar-refractivity contribution in [1.82, 2.24) is 4.72 Å². The van der Waals surface area contributed by atoms with E-state index in [1.807, 2.05) is 60.7 Å². The van der Waals surface area contributed by atoms with E-state index in [9.17, 15) is 18.5 Å². The zero-order chi connectivity index (χ0) is 21.6. The Hall–Kier alpha value is -3.29. The molecule has 0 bridgehead atoms. The topological polar surface area (TPSA) is 89.3 Å². The molecule has 0 heterocycles. The molecular formula is C23H22N2O4S. The Kier molecular flexibility index (Phi) is 6.76. The van der Waals surface area contributed by atoms with Gasteiger partial charge in [-0.15, -0.1) is 0 Å². The molecule has 0 aliphatic carbocycles. The SMILES string of the molecule is C=C(CC(Cc1ccccc1)NS(=O)(=O)c1ccccc1[N+](=O)[O-])c1ccccc1. The standard InChI is InChI=1S/C23H22N2O4S/c1-18(20-12-6-3-7-13-20)16-21(17-19-10-4-2-5-11-19)24-30(28,29)23-15-9-8-14-22(23)25(26)27/h2-15,21,24H,1,16-17H2. The van der Waals surface area contributed by atoms with Gasteiger partial charge >= 0.3 is 0 Å². The third kappa shape index (κ3) is 5.40. The predicted octanol–water partition coefficient (Wildman–Crippen LogP) is 4.59. The van der Waals surface area contributed by atoms with Crippen LogP contribution in [-0.2, 0) is 16.4 Å². The zero-order valence-electron chi connectivity index (χ0n) is 16.3. The number of nitro benzene ring substituents is 1. The molecule has 1 unspecified atom stereocenters. The van der Waals surface area contributed by atoms with Crippen LogP contribution in [0.2, 0.25) is 0 Å². The molecule has 0 saturated heterocycles. The lowest BCUT2D eigenvalue weighted by atomic mass is 9.96. The highest BCUT2D eigenvalue weighted by molar-refractivity contribution is 7.89. The summed E-state index contributed by atoms with van der Waals surface area (Å²) in [5, 5.41) is 11.3. The van der Waals surface area contributed by atoms with Crippen molar-refractivity contribution < 1.29 is 13.3 Å². The number of nitro groups is 1. The first-order chi connectivity index (χ1) is 14.4. The molecule has 0 spiro atoms. The minimum atomic E-state index is -4.12. The highest BCUT2D eigenvalue weighted by Crippen LogP contribution is 2.25. The maximum Gasteiger partial charge on any atom is 0.289 e. The monoisotopic (exact) mass is 422 g/mol. The molecule has 0 saturated carbocycles. The Balaban J connectivity index is 1.90. The Labute approximate surface area is 176 Å². The summed E-state index contributed by atoms with van der Waals surface area (Å²) < 4.78 is 28.7. The second kappa shape index (κ2) is 9.47. The second-order valence-electron chi connectivity index (χ2n) is 6.91. The molecule has 154 valence electrons. The number of para-hydroxylation sites is 1. The van der Waals surface area contributed by atoms with E-state index in [0.29, 0.717) is 12.8 Å². The van der Waals surface area contributed by atoms with E-state index in [4.69, 9.17) is 0 Å². The van der Waals surface area contributed by atoms with Gasteiger partial charge < -0.3 is 0 Å². The molecule has 6 nitrogen and oxygen atoms in total. The maximum atomic E-state index is 13.0. The molecule has 1 N–H and O–H groups in total. The van der Waals surface area contributed by atoms with Crippen molar-refractivity contribution >= 4 is 21.3 Å². The van der Waals surface area contributed by atoms with Gasteiger partial charge in [-0.25, -0.2) is 13.1 Å². The van der Waals surface area contributed by atoms with Crippen LogP contribution in [0, 0.1) is 10.1 Å². The molecular weight excluding hydrogens is 400 g/mol. The molecule has 0 fully saturated rings. The smallest absolute Gasteiger partial charge is 0.258 e. The molecule has 0 aliphatic rings. The fourth-order valence-corrected chi connectivity index (χ4v) is 4.67. The number of sulfonamides is 1. The summed E-state index contributed by atoms with van der Waals surface area (Å²) in [6.45, 7) is 4.11. The molecule has 7 heteroatoms. The van der Waals surface area contributed by atoms with Crippen molar-refractivity contribution in [2.75, 3.05) is 0 Å². The average molecular weight is 423 g/mol. The Morgan fingerprint density at radius 2 is 1.50 bits per heavy atom. The van der Waals surface area contributed by atoms with E-state index in [1.54, 1.807) is 0 Å². The Bertz CT molecular complexity index is 1130. The molecule has 3 aromatic carbocycles. The van der Waals surface area contributed by atoms with Gasteiger partial charge in [-0.1, -0.05) is 79.4 Å². The summed E-state index contributed by atoms with van der Waals surface area (Å²) in [7, 11) is -4.12. The molecule has 0 radical (unpaired) electrons. The molecule has 0 aliphatic heterocycles. The second-order valence-corrected chi connectivity index (χ2v) is 8.59. The third-order valence-electron chi connectivity index (χ3n) is 4.67. The van der Waals surface area contributed by atoms with Crippen LogP contribution in [-0.4, -0.2) is 19.4 Å². The van der Waals surface area contributed by atoms with Gasteiger partial charge in [0.25, 0.3) is 5.69 Å². The van der Waals surface area contributed by atoms with Crippen LogP contribution >= 0.6 is 0 Å². The van der Waals surface area contributed by atoms with Gasteiger partial charge in [0.2, 0.25) is 10.0 Å². The van der Waals surface area contributed by atoms with Gasteiger partial charge in [-0.2, -0.15) is 0 Å². The van der Waals surface area contributed by atoms with Gasteiger partial charge in [0, 0.05) is 12.1 Å². The number of benzene rings is 3. The Morgan fingerprint density at radius 3 is 2.13 bits per heavy atom. The summed E-state index contributed by atoms with van der Waals surface area (Å²) in [6, 6.07) is 23.8. The summed E-state index contributed by atoms with van der Waals surface area (Å²) in [5.41, 5.74) is 2.20. The predicted molar refractivity (Wildman–Crippen MR) is 117 cm³/mol. The van der Waals surface area contributed by atoms with E-state index in [-0.39, 0.29) is 4.90 Å². The first-order valence-electron chi connectivity index (χ1n) is 9.39. The maximum absolute atomic E-state index is 13.0. The number of nitrogens with one attached hydrogen (secondary N) is 1. The van der Waals surface area contributed by atoms with Crippen LogP contribution in [0.4, 0.5) is 5.69 Å². The van der Waals surface area contributed by atoms with Crippen LogP contribution in [0.25, 0.3) is 5.57 Å². The number of hydrogen-bond donors (Lipinski definition) is 1. The van der Waals surface area contributed by atoms with Crippen molar-refractivity contribution in [3.8, 4) is 0 Å². The fraction of sp³-hybridized carbons (Fsp3) is 0.130. The summed E-state index contributed by atoms with van der Waals surface area (Å²) in [4.78, 5) is 10.3. The van der Waals surface area contributed by atoms with Gasteiger partial charge in [0.05, 0.1) is 4.92 Å². The number of hydrogen-bond acceptors (Lipinski definition) is 4. The van der Waals surface area contributed by atoms with Crippen LogP contribution in [0.1, 0.15) is 17.5 Å². The van der Waals surface area contributed by atoms with Gasteiger partial charge in [-0.05, 0) is 35.6 Å². The van der Waals surface area contributed by atoms with E-state index in [2.05, 4.69) is 11.3 Å². The van der Waals surface area contributed by atoms with Crippen molar-refractivity contribution in [2.45, 2.75) is 23.8 Å². The van der Waals surface area contributed by atoms with Crippen LogP contribution in [0.3, 0.4) is 0 Å². The third-order valence-corrected chi connectivity index (χ3v) is 6.24. The van der Waals surface area contributed by atoms with Crippen LogP contribution < -0.4 is 4.72 Å². The molecule has 0 aromatic heterocycles. The molecule has 0 amide bonds. The first kappa shape index (κ1) is 21.4. The number of nitrogens with zero attached hydrogens (tertiary/aromatic N) is 1. The van der Waals surface area contributed by atoms with Crippen LogP contribution in [0.5, 0.6) is 0 Å². The van der Waals surface area contributed by atoms with Gasteiger partial charge in [0.15, 0.2) is 4.90 Å². The van der Waals surface area contributed by atoms with Crippen molar-refractivity contribution in [2.24, 2.45) is 0 Å². The van der Waals surface area contributed by atoms with E-state index < -0.39 is 26.7 Å².